The molecule has 0 bridgehead atoms. The van der Waals surface area contributed by atoms with Crippen molar-refractivity contribution in [2.75, 3.05) is 46.8 Å². The predicted molar refractivity (Wildman–Crippen MR) is 109 cm³/mol. The summed E-state index contributed by atoms with van der Waals surface area (Å²) < 4.78 is 0. The first kappa shape index (κ1) is 20.6. The summed E-state index contributed by atoms with van der Waals surface area (Å²) in [4.78, 5) is 46.1. The molecule has 2 atom stereocenters. The van der Waals surface area contributed by atoms with Crippen LogP contribution in [-0.4, -0.2) is 108 Å². The number of piperidine rings is 2. The third-order valence-electron chi connectivity index (χ3n) is 7.79. The largest absolute Gasteiger partial charge is 0.348 e. The van der Waals surface area contributed by atoms with Crippen molar-refractivity contribution >= 4 is 17.7 Å². The minimum atomic E-state index is -0.355. The number of amides is 3. The lowest BCUT2D eigenvalue weighted by Crippen LogP contribution is -2.56. The summed E-state index contributed by atoms with van der Waals surface area (Å²) in [5, 5.41) is 3.28. The maximum absolute atomic E-state index is 13.1. The molecule has 29 heavy (non-hydrogen) atoms. The molecule has 0 aromatic rings. The highest BCUT2D eigenvalue weighted by molar-refractivity contribution is 5.92. The predicted octanol–water partition coefficient (Wildman–Crippen LogP) is -0.117. The van der Waals surface area contributed by atoms with Gasteiger partial charge in [-0.1, -0.05) is 0 Å². The number of hydrogen-bond donors (Lipinski definition) is 1. The average molecular weight is 406 g/mol. The zero-order chi connectivity index (χ0) is 20.8. The van der Waals surface area contributed by atoms with Gasteiger partial charge in [0.2, 0.25) is 17.7 Å². The van der Waals surface area contributed by atoms with Gasteiger partial charge in [-0.3, -0.25) is 19.3 Å². The van der Waals surface area contributed by atoms with E-state index >= 15 is 0 Å². The highest BCUT2D eigenvalue weighted by Crippen LogP contribution is 2.34. The topological polar surface area (TPSA) is 76.2 Å². The fourth-order valence-electron chi connectivity index (χ4n) is 5.65. The Morgan fingerprint density at radius 2 is 1.76 bits per heavy atom. The number of nitrogens with zero attached hydrogens (tertiary/aromatic N) is 4. The zero-order valence-electron chi connectivity index (χ0n) is 18.0. The van der Waals surface area contributed by atoms with Crippen LogP contribution in [0, 0.1) is 0 Å². The van der Waals surface area contributed by atoms with E-state index in [4.69, 9.17) is 0 Å². The van der Waals surface area contributed by atoms with Crippen molar-refractivity contribution in [1.82, 2.24) is 24.9 Å². The molecule has 4 aliphatic rings. The Kier molecular flexibility index (Phi) is 5.59. The maximum atomic E-state index is 13.1. The van der Waals surface area contributed by atoms with Gasteiger partial charge < -0.3 is 20.0 Å². The van der Waals surface area contributed by atoms with Gasteiger partial charge in [-0.2, -0.15) is 0 Å². The lowest BCUT2D eigenvalue weighted by atomic mass is 9.84. The second-order valence-corrected chi connectivity index (χ2v) is 9.60. The van der Waals surface area contributed by atoms with Gasteiger partial charge in [0.25, 0.3) is 0 Å². The molecule has 1 spiro atoms. The second kappa shape index (κ2) is 7.87. The number of hydrogen-bond acceptors (Lipinski definition) is 5. The fraction of sp³-hybridized carbons (Fsp3) is 0.857. The van der Waals surface area contributed by atoms with Crippen LogP contribution in [0.1, 0.15) is 45.4 Å². The fourth-order valence-corrected chi connectivity index (χ4v) is 5.65. The molecule has 3 amide bonds. The number of likely N-dealkylation sites (N-methyl/N-ethyl adjacent to an activating group) is 1. The van der Waals surface area contributed by atoms with Crippen LogP contribution >= 0.6 is 0 Å². The van der Waals surface area contributed by atoms with Gasteiger partial charge in [0.05, 0.1) is 12.0 Å². The van der Waals surface area contributed by atoms with Crippen LogP contribution in [0.25, 0.3) is 0 Å². The minimum absolute atomic E-state index is 0.0303. The number of carbonyl (C=O) groups excluding carboxylic acids is 3. The molecule has 0 aromatic heterocycles. The molecule has 4 saturated heterocycles. The molecule has 4 fully saturated rings. The molecule has 1 N–H and O–H groups in total. The average Bonchev–Trinajstić information content (AvgIpc) is 3.12. The molecule has 8 heteroatoms. The monoisotopic (exact) mass is 405 g/mol. The normalized spacial score (nSPS) is 31.2. The van der Waals surface area contributed by atoms with E-state index in [0.717, 1.165) is 51.9 Å². The summed E-state index contributed by atoms with van der Waals surface area (Å²) in [7, 11) is 4.21. The van der Waals surface area contributed by atoms with Gasteiger partial charge in [-0.15, -0.1) is 0 Å². The molecule has 0 aromatic carbocycles. The van der Waals surface area contributed by atoms with Crippen molar-refractivity contribution < 1.29 is 14.4 Å². The summed E-state index contributed by atoms with van der Waals surface area (Å²) in [6.07, 6.45) is 4.73. The molecule has 4 aliphatic heterocycles. The third kappa shape index (κ3) is 4.01. The van der Waals surface area contributed by atoms with Crippen LogP contribution < -0.4 is 5.32 Å². The molecular weight excluding hydrogens is 370 g/mol. The van der Waals surface area contributed by atoms with E-state index in [1.807, 2.05) is 9.80 Å². The number of fused-ring (bicyclic) bond motifs is 1. The summed E-state index contributed by atoms with van der Waals surface area (Å²) >= 11 is 0. The first-order valence-electron chi connectivity index (χ1n) is 11.1. The van der Waals surface area contributed by atoms with Gasteiger partial charge in [-0.05, 0) is 46.2 Å². The summed E-state index contributed by atoms with van der Waals surface area (Å²) in [5.41, 5.74) is -0.355. The number of carbonyl (C=O) groups is 3. The van der Waals surface area contributed by atoms with Crippen LogP contribution in [0.2, 0.25) is 0 Å². The van der Waals surface area contributed by atoms with Crippen LogP contribution in [0.5, 0.6) is 0 Å². The Labute approximate surface area is 173 Å². The Morgan fingerprint density at radius 1 is 1.10 bits per heavy atom. The Balaban J connectivity index is 1.39. The number of rotatable bonds is 2. The Bertz CT molecular complexity index is 639. The van der Waals surface area contributed by atoms with Crippen molar-refractivity contribution in [1.29, 1.82) is 0 Å². The smallest absolute Gasteiger partial charge is 0.243 e. The molecule has 0 saturated carbocycles. The van der Waals surface area contributed by atoms with Crippen LogP contribution in [-0.2, 0) is 14.4 Å². The van der Waals surface area contributed by atoms with E-state index in [1.54, 1.807) is 6.92 Å². The molecule has 4 heterocycles. The molecule has 4 rings (SSSR count). The second-order valence-electron chi connectivity index (χ2n) is 9.60. The van der Waals surface area contributed by atoms with Crippen molar-refractivity contribution in [3.63, 3.8) is 0 Å². The lowest BCUT2D eigenvalue weighted by molar-refractivity contribution is -0.136. The van der Waals surface area contributed by atoms with E-state index in [2.05, 4.69) is 29.2 Å². The standard InChI is InChI=1S/C21H35N5O3/c1-15(27)25-8-4-16(5-9-25)24(3)17-12-18-20(29)22-21(6-10-23(2)11-7-21)13-19(28)26(18)14-17/h16-18H,4-14H2,1-3H3,(H,22,29)/t17-,18-/m0/s1. The summed E-state index contributed by atoms with van der Waals surface area (Å²) in [6, 6.07) is 0.263. The van der Waals surface area contributed by atoms with Crippen molar-refractivity contribution in [2.45, 2.75) is 69.1 Å². The molecule has 0 unspecified atom stereocenters. The van der Waals surface area contributed by atoms with Gasteiger partial charge in [0.15, 0.2) is 0 Å². The van der Waals surface area contributed by atoms with E-state index < -0.39 is 0 Å². The highest BCUT2D eigenvalue weighted by Gasteiger charge is 2.49. The summed E-state index contributed by atoms with van der Waals surface area (Å²) in [5.74, 6) is 0.299. The van der Waals surface area contributed by atoms with Gasteiger partial charge in [0.1, 0.15) is 6.04 Å². The minimum Gasteiger partial charge on any atom is -0.348 e. The number of likely N-dealkylation sites (tertiary alicyclic amines) is 2. The van der Waals surface area contributed by atoms with Crippen molar-refractivity contribution in [3.05, 3.63) is 0 Å². The molecule has 8 nitrogen and oxygen atoms in total. The van der Waals surface area contributed by atoms with Crippen LogP contribution in [0.15, 0.2) is 0 Å². The SMILES string of the molecule is CC(=O)N1CCC(N(C)[C@H]2C[C@H]3C(=O)NC4(CCN(C)CC4)CC(=O)N3C2)CC1. The van der Waals surface area contributed by atoms with Gasteiger partial charge >= 0.3 is 0 Å². The van der Waals surface area contributed by atoms with Gasteiger partial charge in [0, 0.05) is 51.7 Å². The van der Waals surface area contributed by atoms with Crippen LogP contribution in [0.4, 0.5) is 0 Å². The molecule has 162 valence electrons. The van der Waals surface area contributed by atoms with Crippen LogP contribution in [0.3, 0.4) is 0 Å². The van der Waals surface area contributed by atoms with E-state index in [-0.39, 0.29) is 35.3 Å². The van der Waals surface area contributed by atoms with Gasteiger partial charge in [-0.25, -0.2) is 0 Å². The van der Waals surface area contributed by atoms with E-state index in [9.17, 15) is 14.4 Å². The zero-order valence-corrected chi connectivity index (χ0v) is 18.0. The Morgan fingerprint density at radius 3 is 2.38 bits per heavy atom. The Hall–Kier alpha value is -1.67. The third-order valence-corrected chi connectivity index (χ3v) is 7.79. The first-order chi connectivity index (χ1) is 13.8. The summed E-state index contributed by atoms with van der Waals surface area (Å²) in [6.45, 7) is 5.69. The quantitative estimate of drug-likeness (QED) is 0.693. The van der Waals surface area contributed by atoms with E-state index in [0.29, 0.717) is 25.4 Å². The van der Waals surface area contributed by atoms with Crippen molar-refractivity contribution in [3.8, 4) is 0 Å². The van der Waals surface area contributed by atoms with Crippen molar-refractivity contribution in [2.24, 2.45) is 0 Å². The highest BCUT2D eigenvalue weighted by atomic mass is 16.2. The molecule has 0 radical (unpaired) electrons. The molecular formula is C21H35N5O3. The molecule has 0 aliphatic carbocycles. The maximum Gasteiger partial charge on any atom is 0.243 e. The lowest BCUT2D eigenvalue weighted by Gasteiger charge is -2.40. The van der Waals surface area contributed by atoms with E-state index in [1.165, 1.54) is 0 Å². The first-order valence-corrected chi connectivity index (χ1v) is 11.1. The number of nitrogens with one attached hydrogen (secondary N) is 1.